The fourth-order valence-corrected chi connectivity index (χ4v) is 4.30. The van der Waals surface area contributed by atoms with Crippen LogP contribution in [-0.2, 0) is 0 Å². The Kier molecular flexibility index (Phi) is 5.65. The maximum absolute atomic E-state index is 5.86. The Hall–Kier alpha value is -0.400. The van der Waals surface area contributed by atoms with Gasteiger partial charge in [-0.25, -0.2) is 0 Å². The zero-order chi connectivity index (χ0) is 12.8. The molecule has 0 aromatic carbocycles. The van der Waals surface area contributed by atoms with Crippen LogP contribution in [0.5, 0.6) is 0 Å². The molecule has 0 spiro atoms. The maximum Gasteiger partial charge on any atom is 0.228 e. The molecule has 1 aliphatic rings. The molecule has 0 radical (unpaired) electrons. The summed E-state index contributed by atoms with van der Waals surface area (Å²) in [4.78, 5) is 12.3. The number of halogens is 1. The lowest BCUT2D eigenvalue weighted by Crippen LogP contribution is -2.24. The Morgan fingerprint density at radius 1 is 1.22 bits per heavy atom. The third-order valence-electron chi connectivity index (χ3n) is 2.32. The minimum absolute atomic E-state index is 0.217. The van der Waals surface area contributed by atoms with Crippen LogP contribution in [-0.4, -0.2) is 50.5 Å². The second kappa shape index (κ2) is 7.25. The summed E-state index contributed by atoms with van der Waals surface area (Å²) >= 11 is 9.85. The van der Waals surface area contributed by atoms with Crippen molar-refractivity contribution in [3.05, 3.63) is 5.28 Å². The lowest BCUT2D eigenvalue weighted by atomic mass is 10.5. The topological polar surface area (TPSA) is 62.7 Å². The van der Waals surface area contributed by atoms with Crippen LogP contribution in [0.15, 0.2) is 0 Å². The molecule has 1 atom stereocenters. The van der Waals surface area contributed by atoms with Crippen LogP contribution in [0.3, 0.4) is 0 Å². The molecule has 1 aromatic rings. The van der Waals surface area contributed by atoms with Gasteiger partial charge in [0.2, 0.25) is 17.2 Å². The van der Waals surface area contributed by atoms with Gasteiger partial charge in [-0.05, 0) is 18.5 Å². The molecular formula is C10H16ClN5S2. The van der Waals surface area contributed by atoms with Gasteiger partial charge in [-0.15, -0.1) is 0 Å². The van der Waals surface area contributed by atoms with Gasteiger partial charge in [0.1, 0.15) is 0 Å². The first-order valence-electron chi connectivity index (χ1n) is 5.86. The summed E-state index contributed by atoms with van der Waals surface area (Å²) in [6, 6.07) is 0. The summed E-state index contributed by atoms with van der Waals surface area (Å²) in [5, 5.41) is 7.09. The van der Waals surface area contributed by atoms with Gasteiger partial charge in [-0.3, -0.25) is 0 Å². The second-order valence-electron chi connectivity index (χ2n) is 3.73. The van der Waals surface area contributed by atoms with Crippen molar-refractivity contribution in [2.75, 3.05) is 41.0 Å². The highest BCUT2D eigenvalue weighted by atomic mass is 35.5. The van der Waals surface area contributed by atoms with Gasteiger partial charge in [-0.2, -0.15) is 38.5 Å². The Bertz CT molecular complexity index is 387. The van der Waals surface area contributed by atoms with Crippen molar-refractivity contribution < 1.29 is 0 Å². The fourth-order valence-electron chi connectivity index (χ4n) is 1.53. The molecule has 0 bridgehead atoms. The number of nitrogens with zero attached hydrogens (tertiary/aromatic N) is 3. The summed E-state index contributed by atoms with van der Waals surface area (Å²) in [6.45, 7) is 3.61. The van der Waals surface area contributed by atoms with Gasteiger partial charge in [-0.1, -0.05) is 0 Å². The SMILES string of the molecule is CCNc1nc(Cl)nc(NCC2CSCCS2)n1. The first-order chi connectivity index (χ1) is 8.78. The highest BCUT2D eigenvalue weighted by molar-refractivity contribution is 8.06. The minimum atomic E-state index is 0.217. The average Bonchev–Trinajstić information content (AvgIpc) is 2.37. The predicted molar refractivity (Wildman–Crippen MR) is 81.1 cm³/mol. The number of nitrogens with one attached hydrogen (secondary N) is 2. The van der Waals surface area contributed by atoms with Crippen molar-refractivity contribution >= 4 is 47.0 Å². The predicted octanol–water partition coefficient (Wildman–Crippen LogP) is 2.22. The first kappa shape index (κ1) is 14.0. The maximum atomic E-state index is 5.86. The van der Waals surface area contributed by atoms with E-state index in [2.05, 4.69) is 25.6 Å². The number of thioether (sulfide) groups is 2. The Balaban J connectivity index is 1.91. The van der Waals surface area contributed by atoms with Gasteiger partial charge < -0.3 is 10.6 Å². The van der Waals surface area contributed by atoms with Crippen molar-refractivity contribution in [2.24, 2.45) is 0 Å². The third kappa shape index (κ3) is 4.37. The quantitative estimate of drug-likeness (QED) is 0.864. The minimum Gasteiger partial charge on any atom is -0.354 e. The third-order valence-corrected chi connectivity index (χ3v) is 5.33. The Morgan fingerprint density at radius 3 is 2.67 bits per heavy atom. The standard InChI is InChI=1S/C10H16ClN5S2/c1-2-12-9-14-8(11)15-10(16-9)13-5-7-6-17-3-4-18-7/h7H,2-6H2,1H3,(H2,12,13,14,15,16). The highest BCUT2D eigenvalue weighted by Crippen LogP contribution is 2.24. The molecular weight excluding hydrogens is 290 g/mol. The van der Waals surface area contributed by atoms with Crippen LogP contribution >= 0.6 is 35.1 Å². The lowest BCUT2D eigenvalue weighted by molar-refractivity contribution is 0.951. The number of anilines is 2. The molecule has 1 saturated heterocycles. The van der Waals surface area contributed by atoms with Gasteiger partial charge in [0, 0.05) is 35.6 Å². The summed E-state index contributed by atoms with van der Waals surface area (Å²) in [7, 11) is 0. The molecule has 18 heavy (non-hydrogen) atoms. The summed E-state index contributed by atoms with van der Waals surface area (Å²) < 4.78 is 0. The zero-order valence-electron chi connectivity index (χ0n) is 10.1. The van der Waals surface area contributed by atoms with Gasteiger partial charge >= 0.3 is 0 Å². The molecule has 1 fully saturated rings. The Morgan fingerprint density at radius 2 is 2.00 bits per heavy atom. The molecule has 8 heteroatoms. The van der Waals surface area contributed by atoms with E-state index in [4.69, 9.17) is 11.6 Å². The lowest BCUT2D eigenvalue weighted by Gasteiger charge is -2.21. The highest BCUT2D eigenvalue weighted by Gasteiger charge is 2.14. The number of hydrogen-bond donors (Lipinski definition) is 2. The number of rotatable bonds is 5. The summed E-state index contributed by atoms with van der Waals surface area (Å²) in [5.74, 6) is 4.71. The molecule has 2 heterocycles. The normalized spacial score (nSPS) is 19.6. The Labute approximate surface area is 120 Å². The van der Waals surface area contributed by atoms with Crippen LogP contribution < -0.4 is 10.6 Å². The smallest absolute Gasteiger partial charge is 0.228 e. The van der Waals surface area contributed by atoms with Crippen molar-refractivity contribution in [3.8, 4) is 0 Å². The molecule has 1 unspecified atom stereocenters. The molecule has 2 N–H and O–H groups in total. The number of aromatic nitrogens is 3. The summed E-state index contributed by atoms with van der Waals surface area (Å²) in [6.07, 6.45) is 0. The van der Waals surface area contributed by atoms with Crippen molar-refractivity contribution in [3.63, 3.8) is 0 Å². The van der Waals surface area contributed by atoms with Crippen LogP contribution in [0.4, 0.5) is 11.9 Å². The molecule has 5 nitrogen and oxygen atoms in total. The van der Waals surface area contributed by atoms with Crippen molar-refractivity contribution in [1.29, 1.82) is 0 Å². The van der Waals surface area contributed by atoms with Gasteiger partial charge in [0.25, 0.3) is 0 Å². The van der Waals surface area contributed by atoms with E-state index in [0.29, 0.717) is 17.1 Å². The summed E-state index contributed by atoms with van der Waals surface area (Å²) in [5.41, 5.74) is 0. The van der Waals surface area contributed by atoms with Crippen LogP contribution in [0.1, 0.15) is 6.92 Å². The van der Waals surface area contributed by atoms with E-state index in [1.807, 2.05) is 30.4 Å². The van der Waals surface area contributed by atoms with Crippen LogP contribution in [0.25, 0.3) is 0 Å². The van der Waals surface area contributed by atoms with E-state index >= 15 is 0 Å². The molecule has 1 aliphatic heterocycles. The van der Waals surface area contributed by atoms with Gasteiger partial charge in [0.15, 0.2) is 0 Å². The fraction of sp³-hybridized carbons (Fsp3) is 0.700. The van der Waals surface area contributed by atoms with E-state index in [9.17, 15) is 0 Å². The van der Waals surface area contributed by atoms with Crippen molar-refractivity contribution in [2.45, 2.75) is 12.2 Å². The molecule has 2 rings (SSSR count). The van der Waals surface area contributed by atoms with E-state index in [1.54, 1.807) is 0 Å². The van der Waals surface area contributed by atoms with Gasteiger partial charge in [0.05, 0.1) is 0 Å². The largest absolute Gasteiger partial charge is 0.354 e. The van der Waals surface area contributed by atoms with E-state index in [1.165, 1.54) is 17.3 Å². The van der Waals surface area contributed by atoms with E-state index in [-0.39, 0.29) is 5.28 Å². The first-order valence-corrected chi connectivity index (χ1v) is 8.44. The molecule has 1 aromatic heterocycles. The molecule has 0 saturated carbocycles. The number of hydrogen-bond acceptors (Lipinski definition) is 7. The van der Waals surface area contributed by atoms with Crippen molar-refractivity contribution in [1.82, 2.24) is 15.0 Å². The molecule has 0 aliphatic carbocycles. The van der Waals surface area contributed by atoms with E-state index < -0.39 is 0 Å². The molecule has 100 valence electrons. The second-order valence-corrected chi connectivity index (χ2v) is 6.63. The average molecular weight is 306 g/mol. The monoisotopic (exact) mass is 305 g/mol. The van der Waals surface area contributed by atoms with Crippen LogP contribution in [0, 0.1) is 0 Å². The zero-order valence-corrected chi connectivity index (χ0v) is 12.5. The molecule has 0 amide bonds. The van der Waals surface area contributed by atoms with Crippen LogP contribution in [0.2, 0.25) is 5.28 Å². The van der Waals surface area contributed by atoms with E-state index in [0.717, 1.165) is 13.1 Å².